The third-order valence-electron chi connectivity index (χ3n) is 12.9. The van der Waals surface area contributed by atoms with E-state index in [0.717, 1.165) is 67.7 Å². The van der Waals surface area contributed by atoms with Crippen molar-refractivity contribution in [1.82, 2.24) is 19.6 Å². The molecular formula is C46H49ClN6O8S. The molecule has 0 bridgehead atoms. The van der Waals surface area contributed by atoms with Crippen molar-refractivity contribution in [3.8, 4) is 11.5 Å². The Morgan fingerprint density at radius 2 is 1.84 bits per heavy atom. The van der Waals surface area contributed by atoms with Crippen molar-refractivity contribution < 1.29 is 32.3 Å². The van der Waals surface area contributed by atoms with Crippen LogP contribution in [-0.4, -0.2) is 92.8 Å². The molecule has 3 fully saturated rings. The van der Waals surface area contributed by atoms with Gasteiger partial charge in [-0.1, -0.05) is 41.8 Å². The number of halogens is 1. The summed E-state index contributed by atoms with van der Waals surface area (Å²) in [7, 11) is -4.55. The van der Waals surface area contributed by atoms with Gasteiger partial charge in [-0.05, 0) is 104 Å². The number of sulfonamides is 1. The molecular weight excluding hydrogens is 832 g/mol. The van der Waals surface area contributed by atoms with Gasteiger partial charge in [-0.25, -0.2) is 18.1 Å². The second-order valence-electron chi connectivity index (χ2n) is 16.8. The molecule has 4 aliphatic rings. The topological polar surface area (TPSA) is 169 Å². The second kappa shape index (κ2) is 17.8. The minimum absolute atomic E-state index is 0.0332. The van der Waals surface area contributed by atoms with Gasteiger partial charge in [0.15, 0.2) is 0 Å². The standard InChI is InChI=1S/C46H49ClN6O8S/c47-35-6-2-31(3-7-35)41-27-46(14-1-15-46)16-12-34(41)29-51-18-20-52(21-19-51)36-8-11-40(43(25-36)61-38-24-33-13-17-48-44(33)49-28-38)45(54)50-62(57,58)39-10-5-32(42(26-39)53(55)56)4-9-37-30-59-22-23-60-37/h2-3,5-8,10-11,13,17,24-26,28,37H,1,4,9,12,14-16,18-23,27,29-30H2,(H,48,49)(H,50,54)/t37-/m1/s1. The largest absolute Gasteiger partial charge is 0.455 e. The molecule has 2 aliphatic carbocycles. The number of nitrogens with zero attached hydrogens (tertiary/aromatic N) is 4. The normalized spacial score (nSPS) is 19.4. The average Bonchev–Trinajstić information content (AvgIpc) is 3.74. The monoisotopic (exact) mass is 880 g/mol. The lowest BCUT2D eigenvalue weighted by atomic mass is 9.59. The third-order valence-corrected chi connectivity index (χ3v) is 14.5. The molecule has 1 amide bonds. The fourth-order valence-electron chi connectivity index (χ4n) is 9.25. The zero-order valence-electron chi connectivity index (χ0n) is 34.3. The van der Waals surface area contributed by atoms with E-state index in [0.29, 0.717) is 48.6 Å². The molecule has 2 N–H and O–H groups in total. The summed E-state index contributed by atoms with van der Waals surface area (Å²) in [6, 6.07) is 20.7. The summed E-state index contributed by atoms with van der Waals surface area (Å²) in [6.07, 6.45) is 11.2. The fourth-order valence-corrected chi connectivity index (χ4v) is 10.4. The number of nitro groups is 1. The van der Waals surface area contributed by atoms with Crippen LogP contribution < -0.4 is 14.4 Å². The number of nitrogens with one attached hydrogen (secondary N) is 2. The van der Waals surface area contributed by atoms with E-state index >= 15 is 0 Å². The Morgan fingerprint density at radius 3 is 2.58 bits per heavy atom. The van der Waals surface area contributed by atoms with E-state index in [1.807, 2.05) is 18.2 Å². The molecule has 0 unspecified atom stereocenters. The number of carbonyl (C=O) groups excluding carboxylic acids is 1. The van der Waals surface area contributed by atoms with Gasteiger partial charge >= 0.3 is 0 Å². The Hall–Kier alpha value is -5.32. The molecule has 14 nitrogen and oxygen atoms in total. The summed E-state index contributed by atoms with van der Waals surface area (Å²) in [5.41, 5.74) is 6.14. The van der Waals surface area contributed by atoms with Gasteiger partial charge in [-0.3, -0.25) is 19.8 Å². The quantitative estimate of drug-likeness (QED) is 0.0862. The highest BCUT2D eigenvalue weighted by molar-refractivity contribution is 7.90. The molecule has 3 aromatic carbocycles. The maximum Gasteiger partial charge on any atom is 0.273 e. The molecule has 2 aromatic heterocycles. The first-order chi connectivity index (χ1) is 30.0. The Kier molecular flexibility index (Phi) is 12.1. The molecule has 62 heavy (non-hydrogen) atoms. The summed E-state index contributed by atoms with van der Waals surface area (Å²) in [6.45, 7) is 5.38. The number of amides is 1. The predicted octanol–water partition coefficient (Wildman–Crippen LogP) is 8.31. The number of fused-ring (bicyclic) bond motifs is 1. The van der Waals surface area contributed by atoms with Crippen molar-refractivity contribution in [3.63, 3.8) is 0 Å². The molecule has 1 atom stereocenters. The van der Waals surface area contributed by atoms with E-state index in [9.17, 15) is 23.3 Å². The fraction of sp³-hybridized carbons (Fsp3) is 0.391. The van der Waals surface area contributed by atoms with Gasteiger partial charge < -0.3 is 24.1 Å². The number of nitro benzene ring substituents is 1. The number of piperazine rings is 1. The first kappa shape index (κ1) is 42.0. The number of anilines is 1. The van der Waals surface area contributed by atoms with Crippen LogP contribution in [0.25, 0.3) is 16.6 Å². The van der Waals surface area contributed by atoms with E-state index in [-0.39, 0.29) is 29.5 Å². The molecule has 2 aliphatic heterocycles. The number of pyridine rings is 1. The highest BCUT2D eigenvalue weighted by atomic mass is 35.5. The zero-order chi connectivity index (χ0) is 42.8. The highest BCUT2D eigenvalue weighted by Crippen LogP contribution is 2.55. The SMILES string of the molecule is O=C(NS(=O)(=O)c1ccc(CC[C@@H]2COCCO2)c([N+](=O)[O-])c1)c1ccc(N2CCN(CC3=C(c4ccc(Cl)cc4)CC4(CCC4)CC3)CC2)cc1Oc1cnc2[nH]ccc2c1. The first-order valence-electron chi connectivity index (χ1n) is 21.2. The minimum atomic E-state index is -4.55. The molecule has 2 saturated heterocycles. The van der Waals surface area contributed by atoms with Crippen molar-refractivity contribution in [3.05, 3.63) is 123 Å². The lowest BCUT2D eigenvalue weighted by molar-refractivity contribution is -0.385. The lowest BCUT2D eigenvalue weighted by Crippen LogP contribution is -2.47. The Morgan fingerprint density at radius 1 is 1.02 bits per heavy atom. The zero-order valence-corrected chi connectivity index (χ0v) is 35.9. The van der Waals surface area contributed by atoms with Crippen molar-refractivity contribution in [2.24, 2.45) is 5.41 Å². The van der Waals surface area contributed by atoms with Gasteiger partial charge in [0.2, 0.25) is 0 Å². The van der Waals surface area contributed by atoms with Crippen molar-refractivity contribution >= 4 is 55.5 Å². The number of ether oxygens (including phenoxy) is 3. The Balaban J connectivity index is 0.926. The lowest BCUT2D eigenvalue weighted by Gasteiger charge is -2.47. The van der Waals surface area contributed by atoms with Crippen LogP contribution in [0.15, 0.2) is 95.7 Å². The van der Waals surface area contributed by atoms with Crippen LogP contribution >= 0.6 is 11.6 Å². The number of hydrogen-bond donors (Lipinski definition) is 2. The molecule has 4 heterocycles. The van der Waals surface area contributed by atoms with Gasteiger partial charge in [-0.2, -0.15) is 0 Å². The summed E-state index contributed by atoms with van der Waals surface area (Å²) in [5.74, 6) is -0.461. The number of carbonyl (C=O) groups is 1. The smallest absolute Gasteiger partial charge is 0.273 e. The molecule has 1 spiro atoms. The molecule has 16 heteroatoms. The summed E-state index contributed by atoms with van der Waals surface area (Å²) >= 11 is 6.28. The summed E-state index contributed by atoms with van der Waals surface area (Å²) < 4.78 is 46.9. The number of rotatable bonds is 13. The molecule has 0 radical (unpaired) electrons. The Bertz CT molecular complexity index is 2620. The molecule has 5 aromatic rings. The van der Waals surface area contributed by atoms with Gasteiger partial charge in [-0.15, -0.1) is 0 Å². The van der Waals surface area contributed by atoms with Crippen LogP contribution in [-0.2, 0) is 25.9 Å². The number of aryl methyl sites for hydroxylation is 1. The van der Waals surface area contributed by atoms with E-state index in [4.69, 9.17) is 25.8 Å². The van der Waals surface area contributed by atoms with Crippen LogP contribution in [0.4, 0.5) is 11.4 Å². The number of allylic oxidation sites excluding steroid dienone is 1. The maximum atomic E-state index is 13.9. The number of aromatic amines is 1. The third kappa shape index (κ3) is 9.23. The highest BCUT2D eigenvalue weighted by Gasteiger charge is 2.41. The molecule has 324 valence electrons. The predicted molar refractivity (Wildman–Crippen MR) is 236 cm³/mol. The molecule has 9 rings (SSSR count). The van der Waals surface area contributed by atoms with Crippen LogP contribution in [0.5, 0.6) is 11.5 Å². The van der Waals surface area contributed by atoms with Crippen LogP contribution in [0.1, 0.15) is 66.4 Å². The van der Waals surface area contributed by atoms with Gasteiger partial charge in [0.25, 0.3) is 21.6 Å². The van der Waals surface area contributed by atoms with Crippen LogP contribution in [0, 0.1) is 15.5 Å². The average molecular weight is 881 g/mol. The number of aromatic nitrogens is 2. The molecule has 1 saturated carbocycles. The Labute approximate surface area is 365 Å². The summed E-state index contributed by atoms with van der Waals surface area (Å²) in [5, 5.41) is 13.6. The summed E-state index contributed by atoms with van der Waals surface area (Å²) in [4.78, 5) is 37.2. The van der Waals surface area contributed by atoms with E-state index < -0.39 is 25.7 Å². The van der Waals surface area contributed by atoms with E-state index in [2.05, 4.69) is 36.6 Å². The van der Waals surface area contributed by atoms with Gasteiger partial charge in [0.1, 0.15) is 17.1 Å². The van der Waals surface area contributed by atoms with Gasteiger partial charge in [0.05, 0.1) is 47.5 Å². The number of benzene rings is 3. The minimum Gasteiger partial charge on any atom is -0.455 e. The first-order valence-corrected chi connectivity index (χ1v) is 23.1. The van der Waals surface area contributed by atoms with Crippen LogP contribution in [0.2, 0.25) is 5.02 Å². The van der Waals surface area contributed by atoms with Crippen molar-refractivity contribution in [2.45, 2.75) is 62.4 Å². The van der Waals surface area contributed by atoms with Gasteiger partial charge in [0, 0.05) is 72.7 Å². The maximum absolute atomic E-state index is 13.9. The second-order valence-corrected chi connectivity index (χ2v) is 19.0. The van der Waals surface area contributed by atoms with Crippen molar-refractivity contribution in [1.29, 1.82) is 0 Å². The van der Waals surface area contributed by atoms with E-state index in [1.165, 1.54) is 60.7 Å². The number of hydrogen-bond acceptors (Lipinski definition) is 11. The number of H-pyrrole nitrogens is 1. The van der Waals surface area contributed by atoms with Crippen molar-refractivity contribution in [2.75, 3.05) is 57.4 Å². The van der Waals surface area contributed by atoms with E-state index in [1.54, 1.807) is 30.5 Å². The van der Waals surface area contributed by atoms with Crippen LogP contribution in [0.3, 0.4) is 0 Å².